The van der Waals surface area contributed by atoms with Crippen molar-refractivity contribution >= 4 is 18.4 Å². The Balaban J connectivity index is 0.00000456. The summed E-state index contributed by atoms with van der Waals surface area (Å²) in [6.07, 6.45) is 4.13. The highest BCUT2D eigenvalue weighted by Gasteiger charge is 2.28. The van der Waals surface area contributed by atoms with E-state index >= 15 is 0 Å². The molecule has 0 bridgehead atoms. The summed E-state index contributed by atoms with van der Waals surface area (Å²) >= 11 is 0. The number of esters is 1. The second kappa shape index (κ2) is 13.8. The number of carbonyl (C=O) groups excluding carboxylic acids is 1. The molecule has 0 saturated heterocycles. The zero-order valence-electron chi connectivity index (χ0n) is 21.5. The van der Waals surface area contributed by atoms with Crippen LogP contribution in [-0.4, -0.2) is 42.5 Å². The summed E-state index contributed by atoms with van der Waals surface area (Å²) in [6.45, 7) is 10.4. The molecule has 2 unspecified atom stereocenters. The topological polar surface area (TPSA) is 67.8 Å². The fraction of sp³-hybridized carbons (Fsp3) is 0.483. The highest BCUT2D eigenvalue weighted by atomic mass is 35.5. The summed E-state index contributed by atoms with van der Waals surface area (Å²) in [5.74, 6) is -0.553. The number of nitrogens with one attached hydrogen (secondary N) is 1. The number of aliphatic hydroxyl groups excluding tert-OH is 1. The molecule has 5 nitrogen and oxygen atoms in total. The Morgan fingerprint density at radius 3 is 2.53 bits per heavy atom. The van der Waals surface area contributed by atoms with Crippen molar-refractivity contribution in [3.8, 4) is 5.75 Å². The number of fused-ring (bicyclic) bond motifs is 1. The summed E-state index contributed by atoms with van der Waals surface area (Å²) in [7, 11) is 0. The Kier molecular flexibility index (Phi) is 11.4. The van der Waals surface area contributed by atoms with Gasteiger partial charge < -0.3 is 19.9 Å². The van der Waals surface area contributed by atoms with Crippen LogP contribution >= 0.6 is 12.4 Å². The van der Waals surface area contributed by atoms with E-state index in [1.165, 1.54) is 17.2 Å². The van der Waals surface area contributed by atoms with Crippen LogP contribution in [0.1, 0.15) is 56.2 Å². The van der Waals surface area contributed by atoms with Gasteiger partial charge in [0.05, 0.1) is 13.0 Å². The van der Waals surface area contributed by atoms with Crippen molar-refractivity contribution in [1.29, 1.82) is 0 Å². The number of ether oxygens (including phenoxy) is 2. The van der Waals surface area contributed by atoms with Crippen LogP contribution in [-0.2, 0) is 22.4 Å². The molecule has 0 radical (unpaired) electrons. The molecule has 36 heavy (non-hydrogen) atoms. The number of carbonyl (C=O) groups is 1. The number of allylic oxidation sites excluding steroid dienone is 1. The van der Waals surface area contributed by atoms with Gasteiger partial charge in [-0.25, -0.2) is 4.39 Å². The maximum absolute atomic E-state index is 14.3. The fourth-order valence-electron chi connectivity index (χ4n) is 4.83. The third-order valence-corrected chi connectivity index (χ3v) is 6.54. The van der Waals surface area contributed by atoms with E-state index in [0.717, 1.165) is 19.3 Å². The first-order chi connectivity index (χ1) is 16.7. The monoisotopic (exact) mass is 519 g/mol. The van der Waals surface area contributed by atoms with Crippen LogP contribution in [0.4, 0.5) is 4.39 Å². The van der Waals surface area contributed by atoms with Gasteiger partial charge in [-0.05, 0) is 74.8 Å². The standard InChI is InChI=1S/C29H38FNO4.ClH/c1-5-21(16-28(33)34-6-2)24-11-12-26(30)27(15-24)35-19-25(32)18-31-29(3,4)17-20-13-22-9-7-8-10-23(22)14-20;/h5,7-12,15,20-21,25,31-32H,1,6,13-14,16-19H2,2-4H3;1H. The molecule has 2 atom stereocenters. The maximum Gasteiger partial charge on any atom is 0.306 e. The Morgan fingerprint density at radius 2 is 1.92 bits per heavy atom. The van der Waals surface area contributed by atoms with E-state index in [-0.39, 0.29) is 48.6 Å². The van der Waals surface area contributed by atoms with E-state index in [1.807, 2.05) is 0 Å². The highest BCUT2D eigenvalue weighted by Crippen LogP contribution is 2.32. The molecule has 0 aromatic heterocycles. The van der Waals surface area contributed by atoms with Crippen LogP contribution in [0.15, 0.2) is 55.1 Å². The van der Waals surface area contributed by atoms with Gasteiger partial charge >= 0.3 is 5.97 Å². The molecule has 1 aliphatic rings. The van der Waals surface area contributed by atoms with Crippen molar-refractivity contribution in [2.24, 2.45) is 5.92 Å². The van der Waals surface area contributed by atoms with Crippen molar-refractivity contribution in [3.05, 3.63) is 77.6 Å². The van der Waals surface area contributed by atoms with Gasteiger partial charge in [0.2, 0.25) is 0 Å². The molecule has 0 aliphatic heterocycles. The van der Waals surface area contributed by atoms with Crippen LogP contribution in [0.5, 0.6) is 5.75 Å². The molecule has 7 heteroatoms. The quantitative estimate of drug-likeness (QED) is 0.274. The van der Waals surface area contributed by atoms with Gasteiger partial charge in [-0.2, -0.15) is 0 Å². The Morgan fingerprint density at radius 1 is 1.25 bits per heavy atom. The molecule has 0 spiro atoms. The molecule has 2 N–H and O–H groups in total. The van der Waals surface area contributed by atoms with Crippen molar-refractivity contribution < 1.29 is 23.8 Å². The van der Waals surface area contributed by atoms with Crippen molar-refractivity contribution in [1.82, 2.24) is 5.32 Å². The Bertz CT molecular complexity index is 988. The smallest absolute Gasteiger partial charge is 0.306 e. The first kappa shape index (κ1) is 29.8. The van der Waals surface area contributed by atoms with Gasteiger partial charge in [-0.1, -0.05) is 36.4 Å². The zero-order chi connectivity index (χ0) is 25.4. The van der Waals surface area contributed by atoms with Gasteiger partial charge in [0.1, 0.15) is 12.7 Å². The third-order valence-electron chi connectivity index (χ3n) is 6.54. The van der Waals surface area contributed by atoms with E-state index in [4.69, 9.17) is 9.47 Å². The fourth-order valence-corrected chi connectivity index (χ4v) is 4.83. The SMILES string of the molecule is C=CC(CC(=O)OCC)c1ccc(F)c(OCC(O)CNC(C)(C)CC2Cc3ccccc3C2)c1.Cl. The molecule has 0 fully saturated rings. The maximum atomic E-state index is 14.3. The van der Waals surface area contributed by atoms with Gasteiger partial charge in [-0.3, -0.25) is 4.79 Å². The average Bonchev–Trinajstić information content (AvgIpc) is 3.22. The molecular formula is C29H39ClFNO4. The molecule has 1 aliphatic carbocycles. The number of rotatable bonds is 13. The molecule has 2 aromatic carbocycles. The van der Waals surface area contributed by atoms with Crippen LogP contribution in [0.3, 0.4) is 0 Å². The van der Waals surface area contributed by atoms with E-state index in [1.54, 1.807) is 25.1 Å². The second-order valence-corrected chi connectivity index (χ2v) is 10.0. The minimum absolute atomic E-state index is 0. The van der Waals surface area contributed by atoms with Gasteiger partial charge in [-0.15, -0.1) is 19.0 Å². The van der Waals surface area contributed by atoms with Crippen LogP contribution in [0.2, 0.25) is 0 Å². The number of hydrogen-bond donors (Lipinski definition) is 2. The van der Waals surface area contributed by atoms with Crippen LogP contribution in [0.25, 0.3) is 0 Å². The highest BCUT2D eigenvalue weighted by molar-refractivity contribution is 5.85. The van der Waals surface area contributed by atoms with Gasteiger partial charge in [0.25, 0.3) is 0 Å². The third kappa shape index (κ3) is 8.61. The summed E-state index contributed by atoms with van der Waals surface area (Å²) in [6, 6.07) is 13.1. The lowest BCUT2D eigenvalue weighted by atomic mass is 9.88. The average molecular weight is 520 g/mol. The lowest BCUT2D eigenvalue weighted by Gasteiger charge is -2.30. The molecular weight excluding hydrogens is 481 g/mol. The molecule has 198 valence electrons. The molecule has 0 saturated carbocycles. The molecule has 3 rings (SSSR count). The number of β-amino-alcohol motifs (C(OH)–C–C–N with tert-alkyl or cyclic N) is 1. The number of benzene rings is 2. The largest absolute Gasteiger partial charge is 0.488 e. The van der Waals surface area contributed by atoms with Crippen molar-refractivity contribution in [2.75, 3.05) is 19.8 Å². The second-order valence-electron chi connectivity index (χ2n) is 10.0. The van der Waals surface area contributed by atoms with Crippen molar-refractivity contribution in [3.63, 3.8) is 0 Å². The minimum atomic E-state index is -0.798. The van der Waals surface area contributed by atoms with E-state index < -0.39 is 11.9 Å². The van der Waals surface area contributed by atoms with E-state index in [9.17, 15) is 14.3 Å². The Hall–Kier alpha value is -2.41. The Labute approximate surface area is 220 Å². The predicted molar refractivity (Wildman–Crippen MR) is 143 cm³/mol. The van der Waals surface area contributed by atoms with Gasteiger partial charge in [0.15, 0.2) is 11.6 Å². The number of hydrogen-bond acceptors (Lipinski definition) is 5. The predicted octanol–water partition coefficient (Wildman–Crippen LogP) is 5.38. The summed E-state index contributed by atoms with van der Waals surface area (Å²) < 4.78 is 25.0. The molecule has 2 aromatic rings. The minimum Gasteiger partial charge on any atom is -0.488 e. The van der Waals surface area contributed by atoms with Crippen molar-refractivity contribution in [2.45, 2.75) is 64.0 Å². The van der Waals surface area contributed by atoms with E-state index in [0.29, 0.717) is 24.6 Å². The molecule has 0 heterocycles. The summed E-state index contributed by atoms with van der Waals surface area (Å²) in [5, 5.41) is 13.9. The first-order valence-corrected chi connectivity index (χ1v) is 12.4. The first-order valence-electron chi connectivity index (χ1n) is 12.4. The lowest BCUT2D eigenvalue weighted by molar-refractivity contribution is -0.143. The van der Waals surface area contributed by atoms with Gasteiger partial charge in [0, 0.05) is 18.0 Å². The number of aliphatic hydroxyl groups is 1. The number of halogens is 2. The lowest BCUT2D eigenvalue weighted by Crippen LogP contribution is -2.46. The zero-order valence-corrected chi connectivity index (χ0v) is 22.3. The summed E-state index contributed by atoms with van der Waals surface area (Å²) in [5.41, 5.74) is 3.43. The summed E-state index contributed by atoms with van der Waals surface area (Å²) in [4.78, 5) is 11.9. The van der Waals surface area contributed by atoms with Crippen LogP contribution < -0.4 is 10.1 Å². The normalized spacial score (nSPS) is 14.9. The van der Waals surface area contributed by atoms with E-state index in [2.05, 4.69) is 50.0 Å². The molecule has 0 amide bonds. The van der Waals surface area contributed by atoms with Crippen LogP contribution in [0, 0.1) is 11.7 Å².